The molecule has 0 aliphatic carbocycles. The van der Waals surface area contributed by atoms with Gasteiger partial charge in [0.2, 0.25) is 0 Å². The Kier molecular flexibility index (Phi) is 3.98. The van der Waals surface area contributed by atoms with E-state index in [4.69, 9.17) is 10.7 Å². The lowest BCUT2D eigenvalue weighted by Crippen LogP contribution is -2.30. The fraction of sp³-hybridized carbons (Fsp3) is 0.278. The second kappa shape index (κ2) is 6.28. The molecule has 1 fully saturated rings. The van der Waals surface area contributed by atoms with Gasteiger partial charge < -0.3 is 10.6 Å². The number of anilines is 1. The maximum absolute atomic E-state index is 11.9. The number of thioether (sulfide) groups is 1. The summed E-state index contributed by atoms with van der Waals surface area (Å²) < 4.78 is 0. The number of benzene rings is 1. The second-order valence-electron chi connectivity index (χ2n) is 6.01. The molecule has 0 saturated carbocycles. The highest BCUT2D eigenvalue weighted by Crippen LogP contribution is 2.32. The van der Waals surface area contributed by atoms with Crippen LogP contribution >= 0.6 is 11.8 Å². The lowest BCUT2D eigenvalue weighted by molar-refractivity contribution is -0.113. The van der Waals surface area contributed by atoms with Gasteiger partial charge in [-0.1, -0.05) is 18.2 Å². The third kappa shape index (κ3) is 2.89. The van der Waals surface area contributed by atoms with Gasteiger partial charge in [0.25, 0.3) is 5.91 Å². The van der Waals surface area contributed by atoms with Crippen LogP contribution in [0.3, 0.4) is 0 Å². The zero-order valence-electron chi connectivity index (χ0n) is 13.2. The molecule has 6 heteroatoms. The first kappa shape index (κ1) is 15.2. The van der Waals surface area contributed by atoms with E-state index in [-0.39, 0.29) is 5.91 Å². The maximum Gasteiger partial charge on any atom is 0.286 e. The smallest absolute Gasteiger partial charge is 0.286 e. The molecule has 1 amide bonds. The molecule has 2 aromatic rings. The van der Waals surface area contributed by atoms with Crippen molar-refractivity contribution in [2.24, 2.45) is 10.7 Å². The molecule has 122 valence electrons. The van der Waals surface area contributed by atoms with E-state index >= 15 is 0 Å². The van der Waals surface area contributed by atoms with Gasteiger partial charge in [-0.05, 0) is 49.2 Å². The number of pyridine rings is 1. The molecule has 0 radical (unpaired) electrons. The van der Waals surface area contributed by atoms with Gasteiger partial charge in [0.05, 0.1) is 10.4 Å². The number of carbonyl (C=O) groups excluding carboxylic acids is 1. The van der Waals surface area contributed by atoms with Gasteiger partial charge in [0.15, 0.2) is 5.17 Å². The molecule has 0 unspecified atom stereocenters. The predicted octanol–water partition coefficient (Wildman–Crippen LogP) is 3.15. The monoisotopic (exact) mass is 338 g/mol. The summed E-state index contributed by atoms with van der Waals surface area (Å²) in [5.41, 5.74) is 7.59. The number of rotatable bonds is 2. The Morgan fingerprint density at radius 2 is 1.96 bits per heavy atom. The summed E-state index contributed by atoms with van der Waals surface area (Å²) in [6.07, 6.45) is 5.49. The van der Waals surface area contributed by atoms with Crippen LogP contribution in [-0.2, 0) is 4.79 Å². The van der Waals surface area contributed by atoms with Gasteiger partial charge in [-0.15, -0.1) is 0 Å². The van der Waals surface area contributed by atoms with Crippen LogP contribution in [-0.4, -0.2) is 29.1 Å². The van der Waals surface area contributed by atoms with Crippen LogP contribution in [0.2, 0.25) is 0 Å². The number of carbonyl (C=O) groups is 1. The van der Waals surface area contributed by atoms with Gasteiger partial charge in [0, 0.05) is 24.0 Å². The topological polar surface area (TPSA) is 71.6 Å². The molecule has 1 aromatic heterocycles. The van der Waals surface area contributed by atoms with Crippen molar-refractivity contribution < 1.29 is 4.79 Å². The van der Waals surface area contributed by atoms with E-state index in [2.05, 4.69) is 16.0 Å². The Morgan fingerprint density at radius 1 is 1.17 bits per heavy atom. The third-order valence-electron chi connectivity index (χ3n) is 4.31. The maximum atomic E-state index is 11.9. The van der Waals surface area contributed by atoms with E-state index in [1.54, 1.807) is 0 Å². The minimum Gasteiger partial charge on any atom is -0.378 e. The average Bonchev–Trinajstić information content (AvgIpc) is 2.92. The van der Waals surface area contributed by atoms with Crippen molar-refractivity contribution in [2.45, 2.75) is 19.3 Å². The number of amides is 1. The first-order chi connectivity index (χ1) is 11.7. The molecule has 4 rings (SSSR count). The highest BCUT2D eigenvalue weighted by molar-refractivity contribution is 8.18. The van der Waals surface area contributed by atoms with Crippen molar-refractivity contribution in [3.05, 3.63) is 40.8 Å². The van der Waals surface area contributed by atoms with E-state index in [1.165, 1.54) is 31.0 Å². The fourth-order valence-corrected chi connectivity index (χ4v) is 3.83. The fourth-order valence-electron chi connectivity index (χ4n) is 3.15. The number of amidine groups is 1. The number of aliphatic imine (C=N–C) groups is 1. The molecule has 0 spiro atoms. The Labute approximate surface area is 144 Å². The zero-order chi connectivity index (χ0) is 16.5. The van der Waals surface area contributed by atoms with Gasteiger partial charge in [-0.25, -0.2) is 4.98 Å². The molecule has 5 nitrogen and oxygen atoms in total. The Morgan fingerprint density at radius 3 is 2.71 bits per heavy atom. The van der Waals surface area contributed by atoms with Crippen LogP contribution in [0.4, 0.5) is 5.82 Å². The van der Waals surface area contributed by atoms with E-state index in [0.29, 0.717) is 10.1 Å². The van der Waals surface area contributed by atoms with Gasteiger partial charge in [-0.3, -0.25) is 4.79 Å². The molecule has 2 aliphatic heterocycles. The summed E-state index contributed by atoms with van der Waals surface area (Å²) in [6, 6.07) is 10.2. The van der Waals surface area contributed by atoms with Gasteiger partial charge >= 0.3 is 0 Å². The number of hydrogen-bond donors (Lipinski definition) is 1. The minimum atomic E-state index is -0.268. The quantitative estimate of drug-likeness (QED) is 0.852. The van der Waals surface area contributed by atoms with Gasteiger partial charge in [-0.2, -0.15) is 4.99 Å². The number of piperidine rings is 1. The highest BCUT2D eigenvalue weighted by Gasteiger charge is 2.22. The van der Waals surface area contributed by atoms with Crippen molar-refractivity contribution in [3.8, 4) is 0 Å². The summed E-state index contributed by atoms with van der Waals surface area (Å²) in [7, 11) is 0. The molecular weight excluding hydrogens is 320 g/mol. The van der Waals surface area contributed by atoms with E-state index in [1.807, 2.05) is 30.3 Å². The summed E-state index contributed by atoms with van der Waals surface area (Å²) >= 11 is 1.22. The second-order valence-corrected chi connectivity index (χ2v) is 7.07. The van der Waals surface area contributed by atoms with Crippen molar-refractivity contribution in [1.29, 1.82) is 0 Å². The SMILES string of the molecule is NC1=NC(=O)/C(=C\c2cc3ccccc3nc2N2CCCCC2)S1. The highest BCUT2D eigenvalue weighted by atomic mass is 32.2. The molecule has 2 aliphatic rings. The number of aromatic nitrogens is 1. The Bertz CT molecular complexity index is 868. The van der Waals surface area contributed by atoms with Crippen LogP contribution in [0, 0.1) is 0 Å². The van der Waals surface area contributed by atoms with E-state index < -0.39 is 0 Å². The lowest BCUT2D eigenvalue weighted by Gasteiger charge is -2.29. The predicted molar refractivity (Wildman–Crippen MR) is 100 cm³/mol. The van der Waals surface area contributed by atoms with Crippen molar-refractivity contribution in [2.75, 3.05) is 18.0 Å². The molecular formula is C18H18N4OS. The molecule has 1 aromatic carbocycles. The number of para-hydroxylation sites is 1. The van der Waals surface area contributed by atoms with Crippen LogP contribution in [0.25, 0.3) is 17.0 Å². The molecule has 24 heavy (non-hydrogen) atoms. The summed E-state index contributed by atoms with van der Waals surface area (Å²) in [6.45, 7) is 2.00. The largest absolute Gasteiger partial charge is 0.378 e. The van der Waals surface area contributed by atoms with E-state index in [9.17, 15) is 4.79 Å². The summed E-state index contributed by atoms with van der Waals surface area (Å²) in [5, 5.41) is 1.37. The van der Waals surface area contributed by atoms with Crippen molar-refractivity contribution in [1.82, 2.24) is 4.98 Å². The van der Waals surface area contributed by atoms with E-state index in [0.717, 1.165) is 35.4 Å². The summed E-state index contributed by atoms with van der Waals surface area (Å²) in [5.74, 6) is 0.676. The Hall–Kier alpha value is -2.34. The standard InChI is InChI=1S/C18H18N4OS/c19-18-21-17(23)15(24-18)11-13-10-12-6-2-3-7-14(12)20-16(13)22-8-4-1-5-9-22/h2-3,6-7,10-11H,1,4-5,8-9H2,(H2,19,21,23)/b15-11+. The number of fused-ring (bicyclic) bond motifs is 1. The van der Waals surface area contributed by atoms with Crippen LogP contribution in [0.15, 0.2) is 40.2 Å². The molecule has 0 atom stereocenters. The first-order valence-electron chi connectivity index (χ1n) is 8.13. The van der Waals surface area contributed by atoms with Gasteiger partial charge in [0.1, 0.15) is 5.82 Å². The van der Waals surface area contributed by atoms with Crippen molar-refractivity contribution in [3.63, 3.8) is 0 Å². The first-order valence-corrected chi connectivity index (χ1v) is 8.95. The number of hydrogen-bond acceptors (Lipinski definition) is 5. The van der Waals surface area contributed by atoms with Crippen LogP contribution < -0.4 is 10.6 Å². The average molecular weight is 338 g/mol. The number of nitrogens with zero attached hydrogens (tertiary/aromatic N) is 3. The molecule has 3 heterocycles. The Balaban J connectivity index is 1.82. The van der Waals surface area contributed by atoms with Crippen molar-refractivity contribution >= 4 is 45.6 Å². The normalized spacial score (nSPS) is 20.0. The minimum absolute atomic E-state index is 0.268. The van der Waals surface area contributed by atoms with Crippen LogP contribution in [0.1, 0.15) is 24.8 Å². The lowest BCUT2D eigenvalue weighted by atomic mass is 10.1. The third-order valence-corrected chi connectivity index (χ3v) is 5.12. The number of nitrogens with two attached hydrogens (primary N) is 1. The molecule has 0 bridgehead atoms. The molecule has 2 N–H and O–H groups in total. The van der Waals surface area contributed by atoms with Crippen LogP contribution in [0.5, 0.6) is 0 Å². The molecule has 1 saturated heterocycles. The summed E-state index contributed by atoms with van der Waals surface area (Å²) in [4.78, 5) is 23.5. The zero-order valence-corrected chi connectivity index (χ0v) is 14.1.